The third-order valence-electron chi connectivity index (χ3n) is 3.18. The lowest BCUT2D eigenvalue weighted by atomic mass is 10.1. The Morgan fingerprint density at radius 2 is 1.70 bits per heavy atom. The van der Waals surface area contributed by atoms with E-state index in [1.165, 1.54) is 0 Å². The van der Waals surface area contributed by atoms with Crippen molar-refractivity contribution in [2.24, 2.45) is 0 Å². The molecule has 0 aliphatic rings. The van der Waals surface area contributed by atoms with Gasteiger partial charge in [-0.3, -0.25) is 9.63 Å². The van der Waals surface area contributed by atoms with Crippen molar-refractivity contribution in [3.63, 3.8) is 0 Å². The van der Waals surface area contributed by atoms with E-state index < -0.39 is 41.1 Å². The van der Waals surface area contributed by atoms with Crippen LogP contribution in [-0.2, 0) is 17.2 Å². The third kappa shape index (κ3) is 4.84. The van der Waals surface area contributed by atoms with E-state index in [9.17, 15) is 31.1 Å². The van der Waals surface area contributed by atoms with Crippen molar-refractivity contribution in [2.75, 3.05) is 14.2 Å². The van der Waals surface area contributed by atoms with E-state index in [0.717, 1.165) is 32.4 Å². The molecule has 0 spiro atoms. The summed E-state index contributed by atoms with van der Waals surface area (Å²) in [5.74, 6) is -1.95. The van der Waals surface area contributed by atoms with E-state index in [0.29, 0.717) is 17.3 Å². The number of hydroxylamine groups is 2. The highest BCUT2D eigenvalue weighted by Gasteiger charge is 2.38. The van der Waals surface area contributed by atoms with Crippen LogP contribution in [-0.4, -0.2) is 35.1 Å². The molecular weight excluding hydrogens is 384 g/mol. The maximum atomic E-state index is 13.2. The van der Waals surface area contributed by atoms with Gasteiger partial charge in [-0.25, -0.2) is 15.0 Å². The maximum Gasteiger partial charge on any atom is 0.434 e. The number of aromatic nitrogens is 2. The number of halogens is 6. The SMILES string of the molecule is CON(C)C(=O)c1ccc(Oc2ccc(C(F)(F)F)nc2)nc1C(F)(F)F. The van der Waals surface area contributed by atoms with Gasteiger partial charge in [0.25, 0.3) is 5.91 Å². The van der Waals surface area contributed by atoms with Gasteiger partial charge in [0.05, 0.1) is 18.9 Å². The fourth-order valence-electron chi connectivity index (χ4n) is 1.87. The Balaban J connectivity index is 2.35. The fourth-order valence-corrected chi connectivity index (χ4v) is 1.87. The van der Waals surface area contributed by atoms with Gasteiger partial charge in [0.15, 0.2) is 5.69 Å². The van der Waals surface area contributed by atoms with Crippen molar-refractivity contribution in [1.82, 2.24) is 15.0 Å². The smallest absolute Gasteiger partial charge is 0.434 e. The number of amides is 1. The monoisotopic (exact) mass is 395 g/mol. The highest BCUT2D eigenvalue weighted by atomic mass is 19.4. The molecule has 0 saturated carbocycles. The first-order valence-electron chi connectivity index (χ1n) is 7.05. The topological polar surface area (TPSA) is 64.5 Å². The van der Waals surface area contributed by atoms with E-state index in [1.807, 2.05) is 0 Å². The summed E-state index contributed by atoms with van der Waals surface area (Å²) in [7, 11) is 2.20. The van der Waals surface area contributed by atoms with E-state index >= 15 is 0 Å². The molecule has 2 rings (SSSR count). The second kappa shape index (κ2) is 7.39. The minimum absolute atomic E-state index is 0.267. The van der Waals surface area contributed by atoms with Crippen LogP contribution in [0.1, 0.15) is 21.7 Å². The van der Waals surface area contributed by atoms with Crippen molar-refractivity contribution < 1.29 is 40.7 Å². The maximum absolute atomic E-state index is 13.2. The summed E-state index contributed by atoms with van der Waals surface area (Å²) in [6.07, 6.45) is -8.97. The summed E-state index contributed by atoms with van der Waals surface area (Å²) in [5.41, 5.74) is -3.51. The minimum Gasteiger partial charge on any atom is -0.437 e. The molecule has 0 aliphatic heterocycles. The number of alkyl halides is 6. The molecule has 0 radical (unpaired) electrons. The lowest BCUT2D eigenvalue weighted by molar-refractivity contribution is -0.142. The van der Waals surface area contributed by atoms with Gasteiger partial charge in [0.2, 0.25) is 5.88 Å². The van der Waals surface area contributed by atoms with E-state index in [4.69, 9.17) is 4.74 Å². The van der Waals surface area contributed by atoms with Gasteiger partial charge in [-0.2, -0.15) is 26.3 Å². The minimum atomic E-state index is -4.99. The van der Waals surface area contributed by atoms with Crippen LogP contribution in [0.2, 0.25) is 0 Å². The predicted octanol–water partition coefficient (Wildman–Crippen LogP) is 3.94. The van der Waals surface area contributed by atoms with Crippen LogP contribution in [0.5, 0.6) is 11.6 Å². The van der Waals surface area contributed by atoms with E-state index in [-0.39, 0.29) is 5.75 Å². The van der Waals surface area contributed by atoms with Gasteiger partial charge in [-0.1, -0.05) is 0 Å². The third-order valence-corrected chi connectivity index (χ3v) is 3.18. The van der Waals surface area contributed by atoms with Gasteiger partial charge >= 0.3 is 12.4 Å². The zero-order valence-electron chi connectivity index (χ0n) is 13.7. The fraction of sp³-hybridized carbons (Fsp3) is 0.267. The normalized spacial score (nSPS) is 12.0. The second-order valence-corrected chi connectivity index (χ2v) is 5.01. The molecule has 12 heteroatoms. The van der Waals surface area contributed by atoms with Gasteiger partial charge in [0.1, 0.15) is 11.4 Å². The Labute approximate surface area is 148 Å². The largest absolute Gasteiger partial charge is 0.437 e. The quantitative estimate of drug-likeness (QED) is 0.580. The molecule has 6 nitrogen and oxygen atoms in total. The zero-order valence-corrected chi connectivity index (χ0v) is 13.7. The van der Waals surface area contributed by atoms with Crippen molar-refractivity contribution in [3.8, 4) is 11.6 Å². The van der Waals surface area contributed by atoms with Crippen molar-refractivity contribution in [1.29, 1.82) is 0 Å². The number of pyridine rings is 2. The Morgan fingerprint density at radius 1 is 1.04 bits per heavy atom. The van der Waals surface area contributed by atoms with Crippen LogP contribution in [0.25, 0.3) is 0 Å². The number of hydrogen-bond acceptors (Lipinski definition) is 5. The Morgan fingerprint density at radius 3 is 2.19 bits per heavy atom. The molecular formula is C15H11F6N3O3. The average molecular weight is 395 g/mol. The van der Waals surface area contributed by atoms with Gasteiger partial charge in [0, 0.05) is 13.1 Å². The van der Waals surface area contributed by atoms with Crippen molar-refractivity contribution >= 4 is 5.91 Å². The average Bonchev–Trinajstić information content (AvgIpc) is 2.59. The van der Waals surface area contributed by atoms with Crippen LogP contribution >= 0.6 is 0 Å². The molecule has 2 aromatic heterocycles. The molecule has 0 bridgehead atoms. The van der Waals surface area contributed by atoms with Crippen LogP contribution in [0.3, 0.4) is 0 Å². The Hall–Kier alpha value is -2.89. The molecule has 0 N–H and O–H groups in total. The molecule has 146 valence electrons. The first-order chi connectivity index (χ1) is 12.4. The highest BCUT2D eigenvalue weighted by Crippen LogP contribution is 2.34. The molecule has 2 aromatic rings. The van der Waals surface area contributed by atoms with E-state index in [2.05, 4.69) is 14.8 Å². The number of ether oxygens (including phenoxy) is 1. The second-order valence-electron chi connectivity index (χ2n) is 5.01. The van der Waals surface area contributed by atoms with Crippen LogP contribution in [0.15, 0.2) is 30.5 Å². The molecule has 0 aromatic carbocycles. The van der Waals surface area contributed by atoms with Crippen LogP contribution in [0.4, 0.5) is 26.3 Å². The summed E-state index contributed by atoms with van der Waals surface area (Å²) in [6, 6.07) is 3.26. The Kier molecular flexibility index (Phi) is 5.59. The lowest BCUT2D eigenvalue weighted by Gasteiger charge is -2.17. The number of carbonyl (C=O) groups is 1. The van der Waals surface area contributed by atoms with Crippen molar-refractivity contribution in [3.05, 3.63) is 47.4 Å². The van der Waals surface area contributed by atoms with Gasteiger partial charge < -0.3 is 4.74 Å². The van der Waals surface area contributed by atoms with Crippen molar-refractivity contribution in [2.45, 2.75) is 12.4 Å². The van der Waals surface area contributed by atoms with Crippen LogP contribution in [0, 0.1) is 0 Å². The summed E-state index contributed by atoms with van der Waals surface area (Å²) >= 11 is 0. The summed E-state index contributed by atoms with van der Waals surface area (Å²) in [6.45, 7) is 0. The molecule has 0 saturated heterocycles. The molecule has 27 heavy (non-hydrogen) atoms. The number of hydrogen-bond donors (Lipinski definition) is 0. The van der Waals surface area contributed by atoms with Gasteiger partial charge in [-0.15, -0.1) is 0 Å². The molecule has 1 amide bonds. The first kappa shape index (κ1) is 20.4. The summed E-state index contributed by atoms with van der Waals surface area (Å²) in [5, 5.41) is 0.576. The first-order valence-corrected chi connectivity index (χ1v) is 7.05. The molecule has 2 heterocycles. The summed E-state index contributed by atoms with van der Waals surface area (Å²) in [4.78, 5) is 22.9. The summed E-state index contributed by atoms with van der Waals surface area (Å²) < 4.78 is 82.0. The molecule has 0 aliphatic carbocycles. The molecule has 0 atom stereocenters. The Bertz CT molecular complexity index is 821. The number of rotatable bonds is 4. The zero-order chi connectivity index (χ0) is 20.4. The van der Waals surface area contributed by atoms with E-state index in [1.54, 1.807) is 0 Å². The predicted molar refractivity (Wildman–Crippen MR) is 77.7 cm³/mol. The molecule has 0 fully saturated rings. The van der Waals surface area contributed by atoms with Crippen LogP contribution < -0.4 is 4.74 Å². The number of nitrogens with zero attached hydrogens (tertiary/aromatic N) is 3. The van der Waals surface area contributed by atoms with Gasteiger partial charge in [-0.05, 0) is 18.2 Å². The number of carbonyl (C=O) groups excluding carboxylic acids is 1. The molecule has 0 unspecified atom stereocenters. The highest BCUT2D eigenvalue weighted by molar-refractivity contribution is 5.94. The lowest BCUT2D eigenvalue weighted by Crippen LogP contribution is -2.28. The standard InChI is InChI=1S/C15H11F6N3O3/c1-24(26-2)13(25)9-4-6-11(23-12(9)15(19,20)21)27-8-3-5-10(22-7-8)14(16,17)18/h3-7H,1-2H3.